The number of furan rings is 1. The van der Waals surface area contributed by atoms with Crippen LogP contribution in [0.2, 0.25) is 0 Å². The first-order chi connectivity index (χ1) is 25.2. The van der Waals surface area contributed by atoms with Crippen molar-refractivity contribution in [1.29, 1.82) is 0 Å². The Balaban J connectivity index is 1.06. The van der Waals surface area contributed by atoms with Gasteiger partial charge < -0.3 is 4.42 Å². The number of hydrogen-bond acceptors (Lipinski definition) is 6. The van der Waals surface area contributed by atoms with E-state index in [-0.39, 0.29) is 0 Å². The molecule has 0 bridgehead atoms. The molecule has 0 spiro atoms. The first-order valence-electron chi connectivity index (χ1n) is 16.8. The molecule has 0 atom stereocenters. The molecular weight excluding hydrogens is 647 g/mol. The number of hydrogen-bond donors (Lipinski definition) is 0. The van der Waals surface area contributed by atoms with E-state index >= 15 is 0 Å². The zero-order chi connectivity index (χ0) is 33.5. The zero-order valence-electron chi connectivity index (χ0n) is 27.0. The normalized spacial score (nSPS) is 11.9. The summed E-state index contributed by atoms with van der Waals surface area (Å²) in [6.07, 6.45) is 1.87. The van der Waals surface area contributed by atoms with Crippen LogP contribution in [0.3, 0.4) is 0 Å². The summed E-state index contributed by atoms with van der Waals surface area (Å²) in [4.78, 5) is 19.9. The van der Waals surface area contributed by atoms with Gasteiger partial charge in [0, 0.05) is 70.3 Å². The Morgan fingerprint density at radius 2 is 1.10 bits per heavy atom. The fourth-order valence-electron chi connectivity index (χ4n) is 7.32. The summed E-state index contributed by atoms with van der Waals surface area (Å²) in [7, 11) is 0. The molecule has 0 N–H and O–H groups in total. The van der Waals surface area contributed by atoms with Gasteiger partial charge in [-0.3, -0.25) is 4.57 Å². The molecule has 6 nitrogen and oxygen atoms in total. The predicted molar refractivity (Wildman–Crippen MR) is 208 cm³/mol. The van der Waals surface area contributed by atoms with E-state index in [9.17, 15) is 0 Å². The molecule has 0 saturated carbocycles. The highest BCUT2D eigenvalue weighted by atomic mass is 32.1. The Morgan fingerprint density at radius 1 is 0.451 bits per heavy atom. The van der Waals surface area contributed by atoms with E-state index < -0.39 is 0 Å². The van der Waals surface area contributed by atoms with E-state index in [1.54, 1.807) is 11.3 Å². The Bertz CT molecular complexity index is 3100. The standard InChI is InChI=1S/C44H25N5OS/c1-2-9-26(10-3-1)41-46-42(27-17-21-38-35(23-27)31-12-5-7-15-37(31)50-38)48-43(47-41)28-16-19-32-33-20-18-29(25-40(33)51-39(32)24-28)49-36-14-6-4-11-30(36)34-13-8-22-45-44(34)49/h1-25H. The SMILES string of the molecule is c1ccc(-c2nc(-c3ccc4c(c3)sc3cc(-n5c6ccccc6c6cccnc65)ccc34)nc(-c3ccc4oc5ccccc5c4c3)n2)cc1. The molecular formula is C44H25N5OS. The van der Waals surface area contributed by atoms with Gasteiger partial charge in [-0.05, 0) is 60.7 Å². The lowest BCUT2D eigenvalue weighted by Crippen LogP contribution is -2.00. The minimum absolute atomic E-state index is 0.617. The molecule has 5 aromatic heterocycles. The predicted octanol–water partition coefficient (Wildman–Crippen LogP) is 11.6. The van der Waals surface area contributed by atoms with Crippen molar-refractivity contribution < 1.29 is 4.42 Å². The van der Waals surface area contributed by atoms with Crippen molar-refractivity contribution in [3.8, 4) is 39.9 Å². The van der Waals surface area contributed by atoms with E-state index in [2.05, 4.69) is 83.4 Å². The van der Waals surface area contributed by atoms with Crippen LogP contribution in [-0.4, -0.2) is 24.5 Å². The molecule has 0 amide bonds. The van der Waals surface area contributed by atoms with Crippen LogP contribution in [0.15, 0.2) is 156 Å². The molecule has 0 radical (unpaired) electrons. The smallest absolute Gasteiger partial charge is 0.164 e. The fraction of sp³-hybridized carbons (Fsp3) is 0. The van der Waals surface area contributed by atoms with Gasteiger partial charge in [-0.25, -0.2) is 19.9 Å². The van der Waals surface area contributed by atoms with Crippen LogP contribution >= 0.6 is 11.3 Å². The second-order valence-corrected chi connectivity index (χ2v) is 13.8. The minimum atomic E-state index is 0.617. The van der Waals surface area contributed by atoms with Crippen molar-refractivity contribution in [2.24, 2.45) is 0 Å². The number of thiophene rings is 1. The van der Waals surface area contributed by atoms with Gasteiger partial charge in [0.2, 0.25) is 0 Å². The molecule has 0 aliphatic heterocycles. The van der Waals surface area contributed by atoms with E-state index in [1.165, 1.54) is 25.6 Å². The average Bonchev–Trinajstić information content (AvgIpc) is 3.86. The second kappa shape index (κ2) is 10.9. The Morgan fingerprint density at radius 3 is 1.96 bits per heavy atom. The van der Waals surface area contributed by atoms with Gasteiger partial charge in [0.25, 0.3) is 0 Å². The number of rotatable bonds is 4. The number of aromatic nitrogens is 5. The van der Waals surface area contributed by atoms with Gasteiger partial charge in [-0.2, -0.15) is 0 Å². The number of pyridine rings is 1. The lowest BCUT2D eigenvalue weighted by atomic mass is 10.1. The van der Waals surface area contributed by atoms with Crippen LogP contribution in [0.1, 0.15) is 0 Å². The molecule has 11 rings (SSSR count). The third kappa shape index (κ3) is 4.42. The van der Waals surface area contributed by atoms with Crippen molar-refractivity contribution in [1.82, 2.24) is 24.5 Å². The largest absolute Gasteiger partial charge is 0.456 e. The first-order valence-corrected chi connectivity index (χ1v) is 17.6. The van der Waals surface area contributed by atoms with Crippen molar-refractivity contribution in [3.05, 3.63) is 152 Å². The third-order valence-electron chi connectivity index (χ3n) is 9.71. The van der Waals surface area contributed by atoms with E-state index in [1.807, 2.05) is 72.9 Å². The summed E-state index contributed by atoms with van der Waals surface area (Å²) in [6.45, 7) is 0. The number of para-hydroxylation sites is 2. The molecule has 0 aliphatic carbocycles. The maximum absolute atomic E-state index is 6.10. The topological polar surface area (TPSA) is 69.6 Å². The molecule has 5 heterocycles. The minimum Gasteiger partial charge on any atom is -0.456 e. The molecule has 6 aromatic carbocycles. The molecule has 238 valence electrons. The third-order valence-corrected chi connectivity index (χ3v) is 10.8. The number of benzene rings is 6. The quantitative estimate of drug-likeness (QED) is 0.186. The van der Waals surface area contributed by atoms with Gasteiger partial charge in [0.15, 0.2) is 17.5 Å². The summed E-state index contributed by atoms with van der Waals surface area (Å²) in [5.41, 5.74) is 7.69. The average molecular weight is 672 g/mol. The zero-order valence-corrected chi connectivity index (χ0v) is 27.8. The molecule has 0 saturated heterocycles. The van der Waals surface area contributed by atoms with E-state index in [4.69, 9.17) is 24.4 Å². The lowest BCUT2D eigenvalue weighted by molar-refractivity contribution is 0.669. The van der Waals surface area contributed by atoms with E-state index in [0.29, 0.717) is 17.5 Å². The Hall–Kier alpha value is -6.70. The van der Waals surface area contributed by atoms with Gasteiger partial charge >= 0.3 is 0 Å². The number of fused-ring (bicyclic) bond motifs is 9. The molecule has 11 aromatic rings. The Labute approximate surface area is 294 Å². The summed E-state index contributed by atoms with van der Waals surface area (Å²) >= 11 is 1.78. The van der Waals surface area contributed by atoms with Gasteiger partial charge in [0.05, 0.1) is 5.52 Å². The fourth-order valence-corrected chi connectivity index (χ4v) is 8.50. The summed E-state index contributed by atoms with van der Waals surface area (Å²) < 4.78 is 10.8. The molecule has 0 aliphatic rings. The molecule has 0 fully saturated rings. The number of nitrogens with zero attached hydrogens (tertiary/aromatic N) is 5. The van der Waals surface area contributed by atoms with Crippen molar-refractivity contribution >= 4 is 75.4 Å². The highest BCUT2D eigenvalue weighted by Crippen LogP contribution is 2.39. The highest BCUT2D eigenvalue weighted by Gasteiger charge is 2.17. The van der Waals surface area contributed by atoms with Crippen LogP contribution in [0, 0.1) is 0 Å². The van der Waals surface area contributed by atoms with Gasteiger partial charge in [-0.15, -0.1) is 11.3 Å². The lowest BCUT2D eigenvalue weighted by Gasteiger charge is -2.09. The van der Waals surface area contributed by atoms with Crippen LogP contribution in [-0.2, 0) is 0 Å². The Kier molecular flexibility index (Phi) is 6.02. The first kappa shape index (κ1) is 28.2. The highest BCUT2D eigenvalue weighted by molar-refractivity contribution is 7.25. The van der Waals surface area contributed by atoms with Gasteiger partial charge in [0.1, 0.15) is 16.8 Å². The van der Waals surface area contributed by atoms with Gasteiger partial charge in [-0.1, -0.05) is 84.9 Å². The van der Waals surface area contributed by atoms with Crippen molar-refractivity contribution in [2.75, 3.05) is 0 Å². The summed E-state index contributed by atoms with van der Waals surface area (Å²) in [5.74, 6) is 1.88. The summed E-state index contributed by atoms with van der Waals surface area (Å²) in [5, 5.41) is 6.89. The van der Waals surface area contributed by atoms with Crippen LogP contribution in [0.5, 0.6) is 0 Å². The van der Waals surface area contributed by atoms with Crippen molar-refractivity contribution in [2.45, 2.75) is 0 Å². The maximum atomic E-state index is 6.10. The molecule has 0 unspecified atom stereocenters. The monoisotopic (exact) mass is 671 g/mol. The second-order valence-electron chi connectivity index (χ2n) is 12.7. The van der Waals surface area contributed by atoms with Crippen molar-refractivity contribution in [3.63, 3.8) is 0 Å². The maximum Gasteiger partial charge on any atom is 0.164 e. The van der Waals surface area contributed by atoms with E-state index in [0.717, 1.165) is 60.9 Å². The molecule has 51 heavy (non-hydrogen) atoms. The van der Waals surface area contributed by atoms with Crippen LogP contribution < -0.4 is 0 Å². The van der Waals surface area contributed by atoms with Crippen LogP contribution in [0.4, 0.5) is 0 Å². The molecule has 7 heteroatoms. The summed E-state index contributed by atoms with van der Waals surface area (Å²) in [6, 6.07) is 50.3. The van der Waals surface area contributed by atoms with Crippen LogP contribution in [0.25, 0.3) is 104 Å².